The maximum atomic E-state index is 8.37. The quantitative estimate of drug-likeness (QED) is 0.507. The van der Waals surface area contributed by atoms with Crippen molar-refractivity contribution in [3.05, 3.63) is 34.4 Å². The molecule has 60 valence electrons. The SMILES string of the molecule is C=C(C#N)/C(Cl)=C(/Cl)C(=C)C#N. The van der Waals surface area contributed by atoms with Gasteiger partial charge in [0.1, 0.15) is 12.1 Å². The van der Waals surface area contributed by atoms with Gasteiger partial charge in [-0.2, -0.15) is 10.5 Å². The molecule has 0 amide bonds. The van der Waals surface area contributed by atoms with Crippen molar-refractivity contribution in [1.29, 1.82) is 10.5 Å². The third kappa shape index (κ3) is 2.43. The molecule has 0 rings (SSSR count). The number of allylic oxidation sites excluding steroid dienone is 4. The Morgan fingerprint density at radius 3 is 1.33 bits per heavy atom. The van der Waals surface area contributed by atoms with Crippen LogP contribution in [0.3, 0.4) is 0 Å². The van der Waals surface area contributed by atoms with Gasteiger partial charge in [0.25, 0.3) is 0 Å². The molecule has 0 radical (unpaired) electrons. The fraction of sp³-hybridized carbons (Fsp3) is 0. The summed E-state index contributed by atoms with van der Waals surface area (Å²) in [5.74, 6) is 0. The maximum absolute atomic E-state index is 8.37. The standard InChI is InChI=1S/C8H4Cl2N2/c1-5(3-11)7(9)8(10)6(2)4-12/h1-2H2/b8-7-. The first-order valence-corrected chi connectivity index (χ1v) is 3.54. The van der Waals surface area contributed by atoms with E-state index in [1.807, 2.05) is 0 Å². The number of hydrogen-bond acceptors (Lipinski definition) is 2. The van der Waals surface area contributed by atoms with Gasteiger partial charge in [-0.1, -0.05) is 36.4 Å². The van der Waals surface area contributed by atoms with Crippen LogP contribution < -0.4 is 0 Å². The summed E-state index contributed by atoms with van der Waals surface area (Å²) in [5.41, 5.74) is 0.0242. The molecule has 0 unspecified atom stereocenters. The third-order valence-corrected chi connectivity index (χ3v) is 1.92. The topological polar surface area (TPSA) is 47.6 Å². The summed E-state index contributed by atoms with van der Waals surface area (Å²) < 4.78 is 0. The van der Waals surface area contributed by atoms with Crippen LogP contribution in [0.15, 0.2) is 34.4 Å². The van der Waals surface area contributed by atoms with Gasteiger partial charge in [-0.3, -0.25) is 0 Å². The molecule has 0 saturated carbocycles. The molecule has 12 heavy (non-hydrogen) atoms. The Morgan fingerprint density at radius 1 is 0.917 bits per heavy atom. The summed E-state index contributed by atoms with van der Waals surface area (Å²) in [6, 6.07) is 3.41. The van der Waals surface area contributed by atoms with E-state index in [1.54, 1.807) is 12.1 Å². The fourth-order valence-electron chi connectivity index (χ4n) is 0.363. The Kier molecular flexibility index (Phi) is 4.15. The molecule has 0 aliphatic rings. The number of hydrogen-bond donors (Lipinski definition) is 0. The van der Waals surface area contributed by atoms with Crippen LogP contribution in [0.4, 0.5) is 0 Å². The van der Waals surface area contributed by atoms with Crippen LogP contribution in [-0.2, 0) is 0 Å². The lowest BCUT2D eigenvalue weighted by atomic mass is 10.2. The van der Waals surface area contributed by atoms with Crippen molar-refractivity contribution < 1.29 is 0 Å². The molecule has 0 heterocycles. The summed E-state index contributed by atoms with van der Waals surface area (Å²) in [5, 5.41) is 16.7. The molecular weight excluding hydrogens is 195 g/mol. The van der Waals surface area contributed by atoms with Crippen molar-refractivity contribution in [3.8, 4) is 12.1 Å². The van der Waals surface area contributed by atoms with Gasteiger partial charge in [0.05, 0.1) is 21.2 Å². The monoisotopic (exact) mass is 198 g/mol. The zero-order chi connectivity index (χ0) is 9.72. The van der Waals surface area contributed by atoms with Crippen LogP contribution in [0.1, 0.15) is 0 Å². The Balaban J connectivity index is 5.00. The summed E-state index contributed by atoms with van der Waals surface area (Å²) >= 11 is 11.1. The summed E-state index contributed by atoms with van der Waals surface area (Å²) in [6.45, 7) is 6.65. The van der Waals surface area contributed by atoms with Gasteiger partial charge in [-0.15, -0.1) is 0 Å². The average Bonchev–Trinajstić information content (AvgIpc) is 2.12. The van der Waals surface area contributed by atoms with Gasteiger partial charge in [-0.25, -0.2) is 0 Å². The maximum Gasteiger partial charge on any atom is 0.100 e. The largest absolute Gasteiger partial charge is 0.192 e. The van der Waals surface area contributed by atoms with Crippen LogP contribution in [0.25, 0.3) is 0 Å². The lowest BCUT2D eigenvalue weighted by molar-refractivity contribution is 1.47. The average molecular weight is 199 g/mol. The highest BCUT2D eigenvalue weighted by Crippen LogP contribution is 2.25. The van der Waals surface area contributed by atoms with Crippen LogP contribution in [0.5, 0.6) is 0 Å². The molecule has 0 saturated heterocycles. The van der Waals surface area contributed by atoms with Crippen LogP contribution in [0, 0.1) is 22.7 Å². The van der Waals surface area contributed by atoms with Crippen molar-refractivity contribution in [2.45, 2.75) is 0 Å². The Bertz CT molecular complexity index is 305. The molecule has 4 heteroatoms. The van der Waals surface area contributed by atoms with Crippen molar-refractivity contribution in [3.63, 3.8) is 0 Å². The zero-order valence-corrected chi connectivity index (χ0v) is 7.58. The molecule has 0 aliphatic heterocycles. The second-order valence-corrected chi connectivity index (χ2v) is 2.56. The molecule has 0 bridgehead atoms. The van der Waals surface area contributed by atoms with Gasteiger partial charge in [0.15, 0.2) is 0 Å². The van der Waals surface area contributed by atoms with Crippen LogP contribution in [0.2, 0.25) is 0 Å². The van der Waals surface area contributed by atoms with E-state index < -0.39 is 0 Å². The zero-order valence-electron chi connectivity index (χ0n) is 6.06. The molecule has 0 aromatic carbocycles. The number of rotatable bonds is 2. The Labute approximate surface area is 80.6 Å². The second kappa shape index (κ2) is 4.62. The molecule has 0 spiro atoms. The summed E-state index contributed by atoms with van der Waals surface area (Å²) in [4.78, 5) is 0. The molecule has 0 fully saturated rings. The molecule has 0 aromatic heterocycles. The summed E-state index contributed by atoms with van der Waals surface area (Å²) in [7, 11) is 0. The van der Waals surface area contributed by atoms with Gasteiger partial charge < -0.3 is 0 Å². The van der Waals surface area contributed by atoms with Crippen molar-refractivity contribution in [1.82, 2.24) is 0 Å². The molecule has 0 N–H and O–H groups in total. The Hall–Kier alpha value is -1.22. The van der Waals surface area contributed by atoms with E-state index in [2.05, 4.69) is 13.2 Å². The van der Waals surface area contributed by atoms with Crippen LogP contribution in [-0.4, -0.2) is 0 Å². The first kappa shape index (κ1) is 10.8. The third-order valence-electron chi connectivity index (χ3n) is 0.993. The molecule has 0 atom stereocenters. The van der Waals surface area contributed by atoms with E-state index >= 15 is 0 Å². The minimum atomic E-state index is -0.0364. The van der Waals surface area contributed by atoms with Crippen molar-refractivity contribution >= 4 is 23.2 Å². The van der Waals surface area contributed by atoms with E-state index in [0.29, 0.717) is 0 Å². The van der Waals surface area contributed by atoms with Crippen molar-refractivity contribution in [2.75, 3.05) is 0 Å². The number of nitrogens with zero attached hydrogens (tertiary/aromatic N) is 2. The highest BCUT2D eigenvalue weighted by molar-refractivity contribution is 6.42. The van der Waals surface area contributed by atoms with Crippen molar-refractivity contribution in [2.24, 2.45) is 0 Å². The lowest BCUT2D eigenvalue weighted by Crippen LogP contribution is -1.83. The van der Waals surface area contributed by atoms with E-state index in [9.17, 15) is 0 Å². The van der Waals surface area contributed by atoms with E-state index in [1.165, 1.54) is 0 Å². The van der Waals surface area contributed by atoms with Gasteiger partial charge in [0, 0.05) is 0 Å². The smallest absolute Gasteiger partial charge is 0.100 e. The van der Waals surface area contributed by atoms with E-state index in [-0.39, 0.29) is 21.2 Å². The van der Waals surface area contributed by atoms with Gasteiger partial charge in [0.2, 0.25) is 0 Å². The first-order chi connectivity index (χ1) is 5.54. The first-order valence-electron chi connectivity index (χ1n) is 2.78. The molecule has 0 aromatic rings. The lowest BCUT2D eigenvalue weighted by Gasteiger charge is -1.97. The van der Waals surface area contributed by atoms with Gasteiger partial charge in [-0.05, 0) is 0 Å². The molecule has 0 aliphatic carbocycles. The van der Waals surface area contributed by atoms with E-state index in [0.717, 1.165) is 0 Å². The normalized spacial score (nSPS) is 10.7. The highest BCUT2D eigenvalue weighted by atomic mass is 35.5. The summed E-state index contributed by atoms with van der Waals surface area (Å²) in [6.07, 6.45) is 0. The minimum Gasteiger partial charge on any atom is -0.192 e. The predicted octanol–water partition coefficient (Wildman–Crippen LogP) is 2.84. The highest BCUT2D eigenvalue weighted by Gasteiger charge is 2.07. The minimum absolute atomic E-state index is 0.0121. The Morgan fingerprint density at radius 2 is 1.17 bits per heavy atom. The fourth-order valence-corrected chi connectivity index (χ4v) is 0.676. The molecule has 2 nitrogen and oxygen atoms in total. The van der Waals surface area contributed by atoms with E-state index in [4.69, 9.17) is 33.7 Å². The number of nitriles is 2. The van der Waals surface area contributed by atoms with Crippen LogP contribution >= 0.6 is 23.2 Å². The number of halogens is 2. The van der Waals surface area contributed by atoms with Gasteiger partial charge >= 0.3 is 0 Å². The predicted molar refractivity (Wildman–Crippen MR) is 48.2 cm³/mol. The second-order valence-electron chi connectivity index (χ2n) is 1.81. The molecular formula is C8H4Cl2N2.